The zero-order valence-electron chi connectivity index (χ0n) is 14.9. The Morgan fingerprint density at radius 3 is 2.81 bits per heavy atom. The van der Waals surface area contributed by atoms with Crippen LogP contribution in [0.1, 0.15) is 41.9 Å². The first-order chi connectivity index (χ1) is 12.6. The Bertz CT molecular complexity index is 927. The standard InChI is InChI=1S/C18H21N5OS2/c1-11-16(25-10-19-11)9-23-7-5-13(6-8-23)14-3-4-15-17(21-14)22-18(26-15)20-12(2)24/h3-4,10,13H,5-9H2,1-2H3,(H,20,21,22,24). The molecule has 0 unspecified atom stereocenters. The number of carbonyl (C=O) groups is 1. The van der Waals surface area contributed by atoms with Crippen molar-refractivity contribution in [3.63, 3.8) is 0 Å². The Morgan fingerprint density at radius 2 is 2.12 bits per heavy atom. The monoisotopic (exact) mass is 387 g/mol. The predicted molar refractivity (Wildman–Crippen MR) is 106 cm³/mol. The zero-order chi connectivity index (χ0) is 18.1. The molecular weight excluding hydrogens is 366 g/mol. The third-order valence-electron chi connectivity index (χ3n) is 4.78. The minimum Gasteiger partial charge on any atom is -0.302 e. The topological polar surface area (TPSA) is 71.0 Å². The van der Waals surface area contributed by atoms with Crippen molar-refractivity contribution in [1.82, 2.24) is 19.9 Å². The van der Waals surface area contributed by atoms with Gasteiger partial charge in [-0.25, -0.2) is 9.97 Å². The highest BCUT2D eigenvalue weighted by Crippen LogP contribution is 2.31. The lowest BCUT2D eigenvalue weighted by Crippen LogP contribution is -2.32. The van der Waals surface area contributed by atoms with Crippen LogP contribution in [-0.2, 0) is 11.3 Å². The number of hydrogen-bond acceptors (Lipinski definition) is 7. The van der Waals surface area contributed by atoms with E-state index >= 15 is 0 Å². The molecule has 0 atom stereocenters. The third-order valence-corrected chi connectivity index (χ3v) is 6.62. The molecule has 4 heterocycles. The molecule has 6 nitrogen and oxygen atoms in total. The van der Waals surface area contributed by atoms with E-state index in [1.807, 2.05) is 5.51 Å². The zero-order valence-corrected chi connectivity index (χ0v) is 16.5. The Kier molecular flexibility index (Phi) is 4.97. The van der Waals surface area contributed by atoms with Crippen LogP contribution in [0.2, 0.25) is 0 Å². The molecule has 0 saturated carbocycles. The van der Waals surface area contributed by atoms with Crippen LogP contribution in [0.4, 0.5) is 5.13 Å². The number of nitrogens with zero attached hydrogens (tertiary/aromatic N) is 4. The lowest BCUT2D eigenvalue weighted by Gasteiger charge is -2.31. The number of fused-ring (bicyclic) bond motifs is 1. The summed E-state index contributed by atoms with van der Waals surface area (Å²) in [5.74, 6) is 0.372. The number of likely N-dealkylation sites (tertiary alicyclic amines) is 1. The second kappa shape index (κ2) is 7.38. The molecule has 3 aromatic rings. The van der Waals surface area contributed by atoms with Gasteiger partial charge >= 0.3 is 0 Å². The van der Waals surface area contributed by atoms with E-state index in [2.05, 4.69) is 39.2 Å². The fourth-order valence-corrected chi connectivity index (χ4v) is 5.00. The number of piperidine rings is 1. The van der Waals surface area contributed by atoms with Gasteiger partial charge < -0.3 is 5.32 Å². The number of carbonyl (C=O) groups excluding carboxylic acids is 1. The third kappa shape index (κ3) is 3.77. The molecule has 8 heteroatoms. The summed E-state index contributed by atoms with van der Waals surface area (Å²) in [7, 11) is 0. The quantitative estimate of drug-likeness (QED) is 0.737. The Hall–Kier alpha value is -1.90. The number of thiazole rings is 2. The maximum Gasteiger partial charge on any atom is 0.223 e. The van der Waals surface area contributed by atoms with E-state index in [-0.39, 0.29) is 5.91 Å². The number of pyridine rings is 1. The van der Waals surface area contributed by atoms with E-state index in [1.54, 1.807) is 11.3 Å². The highest BCUT2D eigenvalue weighted by atomic mass is 32.1. The number of amides is 1. The second-order valence-electron chi connectivity index (χ2n) is 6.67. The Morgan fingerprint density at radius 1 is 1.31 bits per heavy atom. The van der Waals surface area contributed by atoms with Crippen molar-refractivity contribution in [2.45, 2.75) is 39.2 Å². The molecule has 0 radical (unpaired) electrons. The van der Waals surface area contributed by atoms with Gasteiger partial charge in [0.25, 0.3) is 0 Å². The molecule has 136 valence electrons. The van der Waals surface area contributed by atoms with Crippen LogP contribution in [0.3, 0.4) is 0 Å². The lowest BCUT2D eigenvalue weighted by molar-refractivity contribution is -0.114. The molecule has 0 aliphatic carbocycles. The van der Waals surface area contributed by atoms with Gasteiger partial charge in [0.15, 0.2) is 10.8 Å². The molecule has 1 aliphatic heterocycles. The van der Waals surface area contributed by atoms with Crippen LogP contribution in [0.15, 0.2) is 17.6 Å². The van der Waals surface area contributed by atoms with E-state index in [4.69, 9.17) is 4.98 Å². The molecule has 1 fully saturated rings. The molecule has 0 aromatic carbocycles. The molecular formula is C18H21N5OS2. The SMILES string of the molecule is CC(=O)Nc1nc2nc(C3CCN(Cc4scnc4C)CC3)ccc2s1. The van der Waals surface area contributed by atoms with E-state index in [0.29, 0.717) is 11.0 Å². The van der Waals surface area contributed by atoms with Crippen molar-refractivity contribution in [1.29, 1.82) is 0 Å². The van der Waals surface area contributed by atoms with Gasteiger partial charge in [-0.15, -0.1) is 11.3 Å². The van der Waals surface area contributed by atoms with Crippen molar-refractivity contribution < 1.29 is 4.79 Å². The molecule has 1 aliphatic rings. The predicted octanol–water partition coefficient (Wildman–Crippen LogP) is 3.79. The van der Waals surface area contributed by atoms with Crippen LogP contribution in [-0.4, -0.2) is 38.8 Å². The van der Waals surface area contributed by atoms with Crippen molar-refractivity contribution in [2.24, 2.45) is 0 Å². The molecule has 4 rings (SSSR count). The van der Waals surface area contributed by atoms with Gasteiger partial charge in [0.1, 0.15) is 0 Å². The summed E-state index contributed by atoms with van der Waals surface area (Å²) in [6.07, 6.45) is 2.22. The van der Waals surface area contributed by atoms with Gasteiger partial charge in [0.2, 0.25) is 5.91 Å². The number of aryl methyl sites for hydroxylation is 1. The first-order valence-corrected chi connectivity index (χ1v) is 10.4. The molecule has 1 N–H and O–H groups in total. The number of aromatic nitrogens is 3. The summed E-state index contributed by atoms with van der Waals surface area (Å²) in [5.41, 5.74) is 4.94. The van der Waals surface area contributed by atoms with Crippen molar-refractivity contribution >= 4 is 44.1 Å². The van der Waals surface area contributed by atoms with Crippen LogP contribution in [0.25, 0.3) is 10.3 Å². The van der Waals surface area contributed by atoms with E-state index < -0.39 is 0 Å². The largest absolute Gasteiger partial charge is 0.302 e. The summed E-state index contributed by atoms with van der Waals surface area (Å²) in [5, 5.41) is 3.36. The van der Waals surface area contributed by atoms with Gasteiger partial charge in [0.05, 0.1) is 15.9 Å². The highest BCUT2D eigenvalue weighted by Gasteiger charge is 2.23. The lowest BCUT2D eigenvalue weighted by atomic mass is 9.93. The van der Waals surface area contributed by atoms with Gasteiger partial charge in [0, 0.05) is 30.0 Å². The van der Waals surface area contributed by atoms with Crippen molar-refractivity contribution in [2.75, 3.05) is 18.4 Å². The normalized spacial score (nSPS) is 16.2. The summed E-state index contributed by atoms with van der Waals surface area (Å²) in [6, 6.07) is 4.19. The summed E-state index contributed by atoms with van der Waals surface area (Å²) < 4.78 is 1.01. The van der Waals surface area contributed by atoms with Crippen LogP contribution in [0, 0.1) is 6.92 Å². The average Bonchev–Trinajstić information content (AvgIpc) is 3.20. The number of rotatable bonds is 4. The van der Waals surface area contributed by atoms with Crippen molar-refractivity contribution in [3.05, 3.63) is 33.9 Å². The fraction of sp³-hybridized carbons (Fsp3) is 0.444. The fourth-order valence-electron chi connectivity index (χ4n) is 3.33. The van der Waals surface area contributed by atoms with E-state index in [9.17, 15) is 4.79 Å². The maximum absolute atomic E-state index is 11.2. The van der Waals surface area contributed by atoms with Crippen molar-refractivity contribution in [3.8, 4) is 0 Å². The number of anilines is 1. The van der Waals surface area contributed by atoms with E-state index in [0.717, 1.165) is 54.2 Å². The molecule has 1 saturated heterocycles. The molecule has 1 amide bonds. The minimum atomic E-state index is -0.104. The molecule has 3 aromatic heterocycles. The summed E-state index contributed by atoms with van der Waals surface area (Å²) >= 11 is 3.21. The first kappa shape index (κ1) is 17.5. The van der Waals surface area contributed by atoms with Crippen LogP contribution in [0.5, 0.6) is 0 Å². The molecule has 0 bridgehead atoms. The molecule has 26 heavy (non-hydrogen) atoms. The highest BCUT2D eigenvalue weighted by molar-refractivity contribution is 7.22. The number of nitrogens with one attached hydrogen (secondary N) is 1. The molecule has 0 spiro atoms. The van der Waals surface area contributed by atoms with Gasteiger partial charge in [-0.1, -0.05) is 11.3 Å². The Labute approximate surface area is 160 Å². The smallest absolute Gasteiger partial charge is 0.223 e. The summed E-state index contributed by atoms with van der Waals surface area (Å²) in [6.45, 7) is 6.74. The first-order valence-electron chi connectivity index (χ1n) is 8.75. The van der Waals surface area contributed by atoms with Gasteiger partial charge in [-0.05, 0) is 45.0 Å². The van der Waals surface area contributed by atoms with E-state index in [1.165, 1.54) is 23.1 Å². The average molecular weight is 388 g/mol. The van der Waals surface area contributed by atoms with Gasteiger partial charge in [-0.2, -0.15) is 4.98 Å². The van der Waals surface area contributed by atoms with Gasteiger partial charge in [-0.3, -0.25) is 9.69 Å². The number of hydrogen-bond donors (Lipinski definition) is 1. The second-order valence-corrected chi connectivity index (χ2v) is 8.64. The minimum absolute atomic E-state index is 0.104. The van der Waals surface area contributed by atoms with Crippen LogP contribution >= 0.6 is 22.7 Å². The maximum atomic E-state index is 11.2. The Balaban J connectivity index is 1.42. The summed E-state index contributed by atoms with van der Waals surface area (Å²) in [4.78, 5) is 28.6. The van der Waals surface area contributed by atoms with Crippen LogP contribution < -0.4 is 5.32 Å².